The third-order valence-electron chi connectivity index (χ3n) is 5.46. The molecule has 3 atom stereocenters. The van der Waals surface area contributed by atoms with Gasteiger partial charge in [0.25, 0.3) is 5.91 Å². The van der Waals surface area contributed by atoms with E-state index in [1.54, 1.807) is 18.5 Å². The van der Waals surface area contributed by atoms with Crippen molar-refractivity contribution in [3.05, 3.63) is 30.1 Å². The van der Waals surface area contributed by atoms with Gasteiger partial charge in [0.1, 0.15) is 17.1 Å². The first-order valence-corrected chi connectivity index (χ1v) is 11.2. The highest BCUT2D eigenvalue weighted by Crippen LogP contribution is 2.28. The van der Waals surface area contributed by atoms with Crippen LogP contribution >= 0.6 is 0 Å². The molecule has 0 spiro atoms. The molecule has 2 fully saturated rings. The van der Waals surface area contributed by atoms with Gasteiger partial charge in [-0.15, -0.1) is 0 Å². The topological polar surface area (TPSA) is 104 Å². The second-order valence-electron chi connectivity index (χ2n) is 7.84. The molecule has 9 nitrogen and oxygen atoms in total. The number of benzene rings is 1. The van der Waals surface area contributed by atoms with Gasteiger partial charge in [0.05, 0.1) is 36.6 Å². The van der Waals surface area contributed by atoms with Crippen molar-refractivity contribution in [2.75, 3.05) is 51.3 Å². The first kappa shape index (κ1) is 23.9. The van der Waals surface area contributed by atoms with Gasteiger partial charge in [-0.3, -0.25) is 14.8 Å². The maximum absolute atomic E-state index is 12.8. The number of fused-ring (bicyclic) bond motifs is 1. The summed E-state index contributed by atoms with van der Waals surface area (Å²) in [6, 6.07) is 5.78. The van der Waals surface area contributed by atoms with Crippen molar-refractivity contribution in [1.29, 1.82) is 5.26 Å². The SMILES string of the molecule is CC.CC1CN(c2ccc(C#N)c3nccnc23)CC(C(=O)NCC2CN(C)CCO2)O1. The van der Waals surface area contributed by atoms with Crippen LogP contribution in [0.5, 0.6) is 0 Å². The highest BCUT2D eigenvalue weighted by Gasteiger charge is 2.32. The molecule has 1 aromatic heterocycles. The second kappa shape index (κ2) is 11.2. The Labute approximate surface area is 189 Å². The lowest BCUT2D eigenvalue weighted by Crippen LogP contribution is -2.54. The van der Waals surface area contributed by atoms with Crippen molar-refractivity contribution in [2.24, 2.45) is 0 Å². The minimum atomic E-state index is -0.600. The van der Waals surface area contributed by atoms with E-state index in [0.717, 1.165) is 18.8 Å². The highest BCUT2D eigenvalue weighted by atomic mass is 16.5. The molecule has 2 aliphatic rings. The van der Waals surface area contributed by atoms with E-state index >= 15 is 0 Å². The molecule has 172 valence electrons. The number of anilines is 1. The first-order chi connectivity index (χ1) is 15.5. The highest BCUT2D eigenvalue weighted by molar-refractivity contribution is 5.92. The summed E-state index contributed by atoms with van der Waals surface area (Å²) in [5.41, 5.74) is 2.55. The Kier molecular flexibility index (Phi) is 8.33. The number of carbonyl (C=O) groups is 1. The van der Waals surface area contributed by atoms with Crippen molar-refractivity contribution in [1.82, 2.24) is 20.2 Å². The van der Waals surface area contributed by atoms with Crippen LogP contribution in [0.2, 0.25) is 0 Å². The zero-order valence-corrected chi connectivity index (χ0v) is 19.2. The van der Waals surface area contributed by atoms with E-state index in [4.69, 9.17) is 9.47 Å². The normalized spacial score (nSPS) is 23.7. The Morgan fingerprint density at radius 1 is 1.22 bits per heavy atom. The van der Waals surface area contributed by atoms with Crippen LogP contribution in [0.4, 0.5) is 5.69 Å². The van der Waals surface area contributed by atoms with Crippen LogP contribution in [0.3, 0.4) is 0 Å². The van der Waals surface area contributed by atoms with Crippen LogP contribution in [0.1, 0.15) is 26.3 Å². The third kappa shape index (κ3) is 5.51. The van der Waals surface area contributed by atoms with Gasteiger partial charge in [-0.05, 0) is 26.1 Å². The van der Waals surface area contributed by atoms with Crippen LogP contribution < -0.4 is 10.2 Å². The molecular formula is C23H32N6O3. The number of morpholine rings is 2. The van der Waals surface area contributed by atoms with E-state index in [2.05, 4.69) is 31.2 Å². The van der Waals surface area contributed by atoms with Crippen molar-refractivity contribution in [3.8, 4) is 6.07 Å². The molecule has 0 bridgehead atoms. The lowest BCUT2D eigenvalue weighted by atomic mass is 10.1. The molecule has 32 heavy (non-hydrogen) atoms. The molecule has 0 radical (unpaired) electrons. The zero-order valence-electron chi connectivity index (χ0n) is 19.2. The molecular weight excluding hydrogens is 408 g/mol. The standard InChI is InChI=1S/C21H26N6O3.C2H6/c1-14-11-27(17-4-3-15(9-22)19-20(17)24-6-5-23-19)13-18(30-14)21(28)25-10-16-12-26(2)7-8-29-16;1-2/h3-6,14,16,18H,7-8,10-13H2,1-2H3,(H,25,28);1-2H3. The zero-order chi connectivity index (χ0) is 23.1. The fourth-order valence-electron chi connectivity index (χ4n) is 4.00. The van der Waals surface area contributed by atoms with E-state index in [9.17, 15) is 10.1 Å². The number of nitrogens with one attached hydrogen (secondary N) is 1. The number of hydrogen-bond acceptors (Lipinski definition) is 8. The molecule has 3 heterocycles. The number of aromatic nitrogens is 2. The minimum absolute atomic E-state index is 0.0115. The van der Waals surface area contributed by atoms with Gasteiger partial charge < -0.3 is 24.6 Å². The lowest BCUT2D eigenvalue weighted by Gasteiger charge is -2.38. The van der Waals surface area contributed by atoms with Gasteiger partial charge in [0.2, 0.25) is 0 Å². The number of amides is 1. The first-order valence-electron chi connectivity index (χ1n) is 11.2. The van der Waals surface area contributed by atoms with Gasteiger partial charge >= 0.3 is 0 Å². The number of hydrogen-bond donors (Lipinski definition) is 1. The Morgan fingerprint density at radius 3 is 2.69 bits per heavy atom. The predicted molar refractivity (Wildman–Crippen MR) is 122 cm³/mol. The number of rotatable bonds is 4. The van der Waals surface area contributed by atoms with E-state index in [1.807, 2.05) is 33.9 Å². The molecule has 1 aromatic carbocycles. The number of carbonyl (C=O) groups excluding carboxylic acids is 1. The fraction of sp³-hybridized carbons (Fsp3) is 0.565. The Hall–Kier alpha value is -2.80. The molecule has 2 saturated heterocycles. The minimum Gasteiger partial charge on any atom is -0.374 e. The van der Waals surface area contributed by atoms with Crippen molar-refractivity contribution in [2.45, 2.75) is 39.1 Å². The number of ether oxygens (including phenoxy) is 2. The van der Waals surface area contributed by atoms with Crippen molar-refractivity contribution >= 4 is 22.6 Å². The molecule has 3 unspecified atom stereocenters. The van der Waals surface area contributed by atoms with E-state index in [1.165, 1.54) is 0 Å². The molecule has 9 heteroatoms. The van der Waals surface area contributed by atoms with Gasteiger partial charge in [0.15, 0.2) is 6.10 Å². The molecule has 1 N–H and O–H groups in total. The summed E-state index contributed by atoms with van der Waals surface area (Å²) in [6.07, 6.45) is 2.45. The smallest absolute Gasteiger partial charge is 0.251 e. The van der Waals surface area contributed by atoms with Gasteiger partial charge in [0, 0.05) is 38.6 Å². The summed E-state index contributed by atoms with van der Waals surface area (Å²) in [4.78, 5) is 25.9. The lowest BCUT2D eigenvalue weighted by molar-refractivity contribution is -0.138. The largest absolute Gasteiger partial charge is 0.374 e. The Morgan fingerprint density at radius 2 is 1.97 bits per heavy atom. The maximum Gasteiger partial charge on any atom is 0.251 e. The molecule has 0 saturated carbocycles. The molecule has 1 amide bonds. The average molecular weight is 441 g/mol. The monoisotopic (exact) mass is 440 g/mol. The van der Waals surface area contributed by atoms with Crippen molar-refractivity contribution < 1.29 is 14.3 Å². The average Bonchev–Trinajstić information content (AvgIpc) is 2.82. The van der Waals surface area contributed by atoms with Crippen LogP contribution in [0.25, 0.3) is 11.0 Å². The van der Waals surface area contributed by atoms with E-state index in [0.29, 0.717) is 42.8 Å². The number of nitrogens with zero attached hydrogens (tertiary/aromatic N) is 5. The summed E-state index contributed by atoms with van der Waals surface area (Å²) in [7, 11) is 2.05. The summed E-state index contributed by atoms with van der Waals surface area (Å²) in [6.45, 7) is 9.81. The number of nitriles is 1. The van der Waals surface area contributed by atoms with E-state index < -0.39 is 6.10 Å². The van der Waals surface area contributed by atoms with Gasteiger partial charge in [-0.25, -0.2) is 0 Å². The maximum atomic E-state index is 12.8. The Bertz CT molecular complexity index is 962. The fourth-order valence-corrected chi connectivity index (χ4v) is 4.00. The quantitative estimate of drug-likeness (QED) is 0.764. The van der Waals surface area contributed by atoms with Crippen LogP contribution in [-0.2, 0) is 14.3 Å². The Balaban J connectivity index is 0.00000141. The summed E-state index contributed by atoms with van der Waals surface area (Å²) < 4.78 is 11.6. The number of likely N-dealkylation sites (N-methyl/N-ethyl adjacent to an activating group) is 1. The molecule has 0 aliphatic carbocycles. The summed E-state index contributed by atoms with van der Waals surface area (Å²) in [5.74, 6) is -0.146. The van der Waals surface area contributed by atoms with Crippen molar-refractivity contribution in [3.63, 3.8) is 0 Å². The summed E-state index contributed by atoms with van der Waals surface area (Å²) >= 11 is 0. The second-order valence-corrected chi connectivity index (χ2v) is 7.84. The predicted octanol–water partition coefficient (Wildman–Crippen LogP) is 1.57. The summed E-state index contributed by atoms with van der Waals surface area (Å²) in [5, 5.41) is 12.3. The molecule has 2 aliphatic heterocycles. The van der Waals surface area contributed by atoms with Crippen LogP contribution in [-0.4, -0.2) is 85.5 Å². The van der Waals surface area contributed by atoms with Gasteiger partial charge in [-0.1, -0.05) is 13.8 Å². The third-order valence-corrected chi connectivity index (χ3v) is 5.46. The van der Waals surface area contributed by atoms with E-state index in [-0.39, 0.29) is 18.1 Å². The van der Waals surface area contributed by atoms with Crippen LogP contribution in [0.15, 0.2) is 24.5 Å². The molecule has 2 aromatic rings. The molecule has 4 rings (SSSR count). The van der Waals surface area contributed by atoms with Gasteiger partial charge in [-0.2, -0.15) is 5.26 Å². The van der Waals surface area contributed by atoms with Crippen LogP contribution in [0, 0.1) is 11.3 Å².